The van der Waals surface area contributed by atoms with Gasteiger partial charge in [-0.25, -0.2) is 0 Å². The Labute approximate surface area is 119 Å². The number of thiophene rings is 1. The van der Waals surface area contributed by atoms with Crippen LogP contribution in [-0.4, -0.2) is 6.54 Å². The first-order chi connectivity index (χ1) is 9.33. The van der Waals surface area contributed by atoms with Gasteiger partial charge in [-0.2, -0.15) is 0 Å². The lowest BCUT2D eigenvalue weighted by Crippen LogP contribution is -2.14. The number of hydrogen-bond acceptors (Lipinski definition) is 2. The Kier molecular flexibility index (Phi) is 3.81. The van der Waals surface area contributed by atoms with Gasteiger partial charge in [0.05, 0.1) is 0 Å². The van der Waals surface area contributed by atoms with Gasteiger partial charge in [0.15, 0.2) is 0 Å². The van der Waals surface area contributed by atoms with Gasteiger partial charge in [-0.15, -0.1) is 11.3 Å². The molecule has 2 heteroatoms. The molecule has 0 unspecified atom stereocenters. The summed E-state index contributed by atoms with van der Waals surface area (Å²) in [5, 5.41) is 3.50. The predicted octanol–water partition coefficient (Wildman–Crippen LogP) is 4.04. The number of fused-ring (bicyclic) bond motifs is 1. The SMILES string of the molecule is C=C(CNCc1cc2c(s1)CCC2)c1ccccc1. The van der Waals surface area contributed by atoms with Crippen LogP contribution in [0.25, 0.3) is 5.57 Å². The summed E-state index contributed by atoms with van der Waals surface area (Å²) in [6.07, 6.45) is 3.92. The molecule has 1 aromatic heterocycles. The summed E-state index contributed by atoms with van der Waals surface area (Å²) in [4.78, 5) is 3.07. The second-order valence-electron chi connectivity index (χ2n) is 5.09. The quantitative estimate of drug-likeness (QED) is 0.864. The molecule has 0 saturated carbocycles. The molecular formula is C17H19NS. The molecule has 0 saturated heterocycles. The van der Waals surface area contributed by atoms with E-state index in [2.05, 4.69) is 42.2 Å². The first-order valence-corrected chi connectivity index (χ1v) is 7.69. The van der Waals surface area contributed by atoms with E-state index in [-0.39, 0.29) is 0 Å². The van der Waals surface area contributed by atoms with Crippen molar-refractivity contribution in [3.05, 3.63) is 63.9 Å². The third-order valence-corrected chi connectivity index (χ3v) is 4.85. The Bertz CT molecular complexity index is 547. The summed E-state index contributed by atoms with van der Waals surface area (Å²) < 4.78 is 0. The monoisotopic (exact) mass is 269 g/mol. The maximum absolute atomic E-state index is 4.15. The first-order valence-electron chi connectivity index (χ1n) is 6.87. The second-order valence-corrected chi connectivity index (χ2v) is 6.31. The molecule has 0 amide bonds. The molecule has 3 rings (SSSR count). The van der Waals surface area contributed by atoms with E-state index in [1.807, 2.05) is 17.4 Å². The lowest BCUT2D eigenvalue weighted by atomic mass is 10.1. The largest absolute Gasteiger partial charge is 0.308 e. The minimum absolute atomic E-state index is 0.854. The molecule has 1 aliphatic carbocycles. The molecule has 0 radical (unpaired) electrons. The van der Waals surface area contributed by atoms with Crippen LogP contribution in [0.1, 0.15) is 27.3 Å². The van der Waals surface area contributed by atoms with Crippen LogP contribution in [-0.2, 0) is 19.4 Å². The summed E-state index contributed by atoms with van der Waals surface area (Å²) in [6.45, 7) is 5.96. The fourth-order valence-electron chi connectivity index (χ4n) is 2.59. The fraction of sp³-hybridized carbons (Fsp3) is 0.294. The molecule has 0 atom stereocenters. The van der Waals surface area contributed by atoms with Crippen molar-refractivity contribution < 1.29 is 0 Å². The Morgan fingerprint density at radius 2 is 2.05 bits per heavy atom. The van der Waals surface area contributed by atoms with Crippen LogP contribution in [0.4, 0.5) is 0 Å². The van der Waals surface area contributed by atoms with E-state index in [0.717, 1.165) is 18.7 Å². The second kappa shape index (κ2) is 5.72. The highest BCUT2D eigenvalue weighted by Gasteiger charge is 2.14. The smallest absolute Gasteiger partial charge is 0.0303 e. The van der Waals surface area contributed by atoms with Crippen molar-refractivity contribution in [3.63, 3.8) is 0 Å². The molecule has 1 nitrogen and oxygen atoms in total. The van der Waals surface area contributed by atoms with Gasteiger partial charge in [0, 0.05) is 22.8 Å². The van der Waals surface area contributed by atoms with Crippen molar-refractivity contribution in [2.45, 2.75) is 25.8 Å². The molecule has 0 spiro atoms. The number of benzene rings is 1. The summed E-state index contributed by atoms with van der Waals surface area (Å²) in [5.74, 6) is 0. The van der Waals surface area contributed by atoms with Crippen LogP contribution in [0, 0.1) is 0 Å². The van der Waals surface area contributed by atoms with Crippen LogP contribution in [0.2, 0.25) is 0 Å². The molecule has 2 aromatic rings. The van der Waals surface area contributed by atoms with Crippen molar-refractivity contribution in [3.8, 4) is 0 Å². The van der Waals surface area contributed by atoms with Gasteiger partial charge in [0.2, 0.25) is 0 Å². The van der Waals surface area contributed by atoms with E-state index in [1.165, 1.54) is 29.7 Å². The zero-order chi connectivity index (χ0) is 13.1. The topological polar surface area (TPSA) is 12.0 Å². The van der Waals surface area contributed by atoms with Gasteiger partial charge in [-0.1, -0.05) is 36.9 Å². The highest BCUT2D eigenvalue weighted by molar-refractivity contribution is 7.12. The van der Waals surface area contributed by atoms with E-state index in [1.54, 1.807) is 10.4 Å². The first kappa shape index (κ1) is 12.6. The Hall–Kier alpha value is -1.38. The third-order valence-electron chi connectivity index (χ3n) is 3.62. The lowest BCUT2D eigenvalue weighted by Gasteiger charge is -2.07. The molecule has 98 valence electrons. The third kappa shape index (κ3) is 2.96. The van der Waals surface area contributed by atoms with Crippen LogP contribution in [0.5, 0.6) is 0 Å². The summed E-state index contributed by atoms with van der Waals surface area (Å²) in [7, 11) is 0. The van der Waals surface area contributed by atoms with Crippen molar-refractivity contribution >= 4 is 16.9 Å². The Morgan fingerprint density at radius 1 is 1.21 bits per heavy atom. The standard InChI is InChI=1S/C17H19NS/c1-13(14-6-3-2-4-7-14)11-18-12-16-10-15-8-5-9-17(15)19-16/h2-4,6-7,10,18H,1,5,8-9,11-12H2. The van der Waals surface area contributed by atoms with Crippen LogP contribution < -0.4 is 5.32 Å². The highest BCUT2D eigenvalue weighted by Crippen LogP contribution is 2.30. The van der Waals surface area contributed by atoms with Gasteiger partial charge < -0.3 is 5.32 Å². The maximum Gasteiger partial charge on any atom is 0.0303 e. The Balaban J connectivity index is 1.51. The number of hydrogen-bond donors (Lipinski definition) is 1. The summed E-state index contributed by atoms with van der Waals surface area (Å²) in [6, 6.07) is 12.8. The summed E-state index contributed by atoms with van der Waals surface area (Å²) in [5.41, 5.74) is 3.97. The molecule has 19 heavy (non-hydrogen) atoms. The van der Waals surface area contributed by atoms with Crippen molar-refractivity contribution in [1.29, 1.82) is 0 Å². The zero-order valence-electron chi connectivity index (χ0n) is 11.1. The average molecular weight is 269 g/mol. The number of rotatable bonds is 5. The molecule has 1 aromatic carbocycles. The average Bonchev–Trinajstić information content (AvgIpc) is 3.00. The fourth-order valence-corrected chi connectivity index (χ4v) is 3.82. The molecule has 0 aliphatic heterocycles. The van der Waals surface area contributed by atoms with Crippen molar-refractivity contribution in [2.75, 3.05) is 6.54 Å². The van der Waals surface area contributed by atoms with Crippen molar-refractivity contribution in [1.82, 2.24) is 5.32 Å². The number of nitrogens with one attached hydrogen (secondary N) is 1. The number of aryl methyl sites for hydroxylation is 2. The van der Waals surface area contributed by atoms with Crippen molar-refractivity contribution in [2.24, 2.45) is 0 Å². The molecule has 0 bridgehead atoms. The van der Waals surface area contributed by atoms with Gasteiger partial charge in [-0.05, 0) is 42.0 Å². The zero-order valence-corrected chi connectivity index (χ0v) is 11.9. The molecular weight excluding hydrogens is 250 g/mol. The molecule has 1 aliphatic rings. The lowest BCUT2D eigenvalue weighted by molar-refractivity contribution is 0.777. The van der Waals surface area contributed by atoms with Crippen LogP contribution >= 0.6 is 11.3 Å². The van der Waals surface area contributed by atoms with Gasteiger partial charge in [-0.3, -0.25) is 0 Å². The van der Waals surface area contributed by atoms with Gasteiger partial charge in [0.25, 0.3) is 0 Å². The van der Waals surface area contributed by atoms with E-state index < -0.39 is 0 Å². The highest BCUT2D eigenvalue weighted by atomic mass is 32.1. The molecule has 1 heterocycles. The van der Waals surface area contributed by atoms with E-state index in [0.29, 0.717) is 0 Å². The van der Waals surface area contributed by atoms with Crippen LogP contribution in [0.15, 0.2) is 43.0 Å². The predicted molar refractivity (Wildman–Crippen MR) is 83.5 cm³/mol. The minimum atomic E-state index is 0.854. The van der Waals surface area contributed by atoms with Crippen LogP contribution in [0.3, 0.4) is 0 Å². The van der Waals surface area contributed by atoms with E-state index in [9.17, 15) is 0 Å². The maximum atomic E-state index is 4.15. The summed E-state index contributed by atoms with van der Waals surface area (Å²) >= 11 is 1.98. The van der Waals surface area contributed by atoms with E-state index >= 15 is 0 Å². The molecule has 0 fully saturated rings. The minimum Gasteiger partial charge on any atom is -0.308 e. The molecule has 1 N–H and O–H groups in total. The van der Waals surface area contributed by atoms with Gasteiger partial charge >= 0.3 is 0 Å². The Morgan fingerprint density at radius 3 is 2.84 bits per heavy atom. The van der Waals surface area contributed by atoms with E-state index in [4.69, 9.17) is 0 Å². The normalized spacial score (nSPS) is 13.5. The van der Waals surface area contributed by atoms with Gasteiger partial charge in [0.1, 0.15) is 0 Å².